The largest absolute Gasteiger partial charge is 0.489 e. The molecule has 0 aromatic heterocycles. The molecule has 8 unspecified atom stereocenters. The van der Waals surface area contributed by atoms with Crippen molar-refractivity contribution in [2.24, 2.45) is 23.7 Å². The van der Waals surface area contributed by atoms with Crippen molar-refractivity contribution in [1.82, 2.24) is 10.6 Å². The number of ether oxygens (including phenoxy) is 1. The first-order valence-electron chi connectivity index (χ1n) is 21.9. The lowest BCUT2D eigenvalue weighted by molar-refractivity contribution is 0.139. The van der Waals surface area contributed by atoms with Gasteiger partial charge in [0.2, 0.25) is 0 Å². The van der Waals surface area contributed by atoms with E-state index in [0.717, 1.165) is 25.7 Å². The third-order valence-corrected chi connectivity index (χ3v) is 14.8. The molecule has 0 bridgehead atoms. The highest BCUT2D eigenvalue weighted by atomic mass is 16.5. The van der Waals surface area contributed by atoms with Gasteiger partial charge in [0.25, 0.3) is 0 Å². The van der Waals surface area contributed by atoms with Gasteiger partial charge in [0, 0.05) is 35.9 Å². The fourth-order valence-corrected chi connectivity index (χ4v) is 11.9. The molecule has 3 nitrogen and oxygen atoms in total. The van der Waals surface area contributed by atoms with E-state index in [2.05, 4.69) is 126 Å². The van der Waals surface area contributed by atoms with Crippen molar-refractivity contribution >= 4 is 11.1 Å². The Balaban J connectivity index is 0.806. The molecule has 1 saturated heterocycles. The Labute approximate surface area is 328 Å². The second-order valence-corrected chi connectivity index (χ2v) is 17.9. The van der Waals surface area contributed by atoms with Gasteiger partial charge >= 0.3 is 0 Å². The minimum Gasteiger partial charge on any atom is -0.489 e. The summed E-state index contributed by atoms with van der Waals surface area (Å²) in [5.74, 6) is 3.95. The Kier molecular flexibility index (Phi) is 8.93. The molecule has 0 spiro atoms. The van der Waals surface area contributed by atoms with Crippen LogP contribution in [0.4, 0.5) is 0 Å². The molecule has 2 fully saturated rings. The van der Waals surface area contributed by atoms with Crippen molar-refractivity contribution in [3.8, 4) is 0 Å². The topological polar surface area (TPSA) is 33.3 Å². The minimum absolute atomic E-state index is 0.129. The maximum absolute atomic E-state index is 6.44. The molecule has 280 valence electrons. The molecule has 1 saturated carbocycles. The van der Waals surface area contributed by atoms with Crippen LogP contribution in [0.25, 0.3) is 11.1 Å². The molecule has 0 amide bonds. The zero-order valence-electron chi connectivity index (χ0n) is 32.3. The van der Waals surface area contributed by atoms with Gasteiger partial charge in [-0.2, -0.15) is 0 Å². The van der Waals surface area contributed by atoms with Gasteiger partial charge in [-0.1, -0.05) is 134 Å². The van der Waals surface area contributed by atoms with Crippen LogP contribution in [-0.4, -0.2) is 18.3 Å². The minimum atomic E-state index is 0.129. The third kappa shape index (κ3) is 6.27. The van der Waals surface area contributed by atoms with Crippen LogP contribution < -0.4 is 10.6 Å². The summed E-state index contributed by atoms with van der Waals surface area (Å²) in [6.45, 7) is 0. The average molecular weight is 725 g/mol. The molecular weight excluding hydrogens is 669 g/mol. The summed E-state index contributed by atoms with van der Waals surface area (Å²) in [4.78, 5) is 0. The van der Waals surface area contributed by atoms with Gasteiger partial charge in [0.15, 0.2) is 0 Å². The lowest BCUT2D eigenvalue weighted by atomic mass is 9.64. The zero-order valence-corrected chi connectivity index (χ0v) is 32.3. The summed E-state index contributed by atoms with van der Waals surface area (Å²) in [5, 5.41) is 8.36. The molecule has 2 N–H and O–H groups in total. The van der Waals surface area contributed by atoms with Crippen molar-refractivity contribution < 1.29 is 4.74 Å². The highest BCUT2D eigenvalue weighted by molar-refractivity contribution is 5.83. The summed E-state index contributed by atoms with van der Waals surface area (Å²) in [6.07, 6.45) is 43.3. The highest BCUT2D eigenvalue weighted by Gasteiger charge is 2.39. The van der Waals surface area contributed by atoms with E-state index in [4.69, 9.17) is 4.74 Å². The predicted molar refractivity (Wildman–Crippen MR) is 226 cm³/mol. The van der Waals surface area contributed by atoms with Crippen molar-refractivity contribution in [2.45, 2.75) is 114 Å². The summed E-state index contributed by atoms with van der Waals surface area (Å²) >= 11 is 0. The Morgan fingerprint density at radius 1 is 0.709 bits per heavy atom. The average Bonchev–Trinajstić information content (AvgIpc) is 3.65. The third-order valence-electron chi connectivity index (χ3n) is 14.8. The number of allylic oxidation sites excluding steroid dienone is 14. The standard InChI is InChI=1S/C52H56N2O/c1-2-10-37(11-3-1)52-53-48(32-49(54-52)36-24-20-34(21-25-36)39-27-29-46-45-16-8-9-17-50(45)55-51(46)31-39)35-22-18-33(19-23-35)38-26-28-44-42-14-5-4-12-40(42)41-13-6-7-15-43(41)47(44)30-38/h4,6-8,12-13,15-16,18-22,24-25,27,29-31,35,37,44,46-49,51-54H,1-3,5,9-11,14,17,23,26,28,32H2. The molecule has 9 aliphatic rings. The van der Waals surface area contributed by atoms with E-state index >= 15 is 0 Å². The Hall–Kier alpha value is -4.18. The van der Waals surface area contributed by atoms with E-state index in [1.54, 1.807) is 11.1 Å². The molecule has 8 atom stereocenters. The summed E-state index contributed by atoms with van der Waals surface area (Å²) < 4.78 is 6.44. The second kappa shape index (κ2) is 14.4. The van der Waals surface area contributed by atoms with Crippen molar-refractivity contribution in [1.29, 1.82) is 0 Å². The van der Waals surface area contributed by atoms with E-state index in [1.165, 1.54) is 108 Å². The van der Waals surface area contributed by atoms with Crippen LogP contribution in [0, 0.1) is 23.7 Å². The smallest absolute Gasteiger partial charge is 0.128 e. The normalized spacial score (nSPS) is 33.8. The lowest BCUT2D eigenvalue weighted by Gasteiger charge is -2.45. The van der Waals surface area contributed by atoms with Crippen molar-refractivity contribution in [3.05, 3.63) is 166 Å². The molecule has 2 heterocycles. The maximum Gasteiger partial charge on any atom is 0.128 e. The first kappa shape index (κ1) is 34.1. The number of fused-ring (bicyclic) bond motifs is 7. The zero-order chi connectivity index (χ0) is 36.3. The summed E-state index contributed by atoms with van der Waals surface area (Å²) in [5.41, 5.74) is 14.7. The molecule has 2 aromatic carbocycles. The summed E-state index contributed by atoms with van der Waals surface area (Å²) in [7, 11) is 0. The first-order chi connectivity index (χ1) is 27.2. The Bertz CT molecular complexity index is 2130. The molecule has 3 heteroatoms. The maximum atomic E-state index is 6.44. The van der Waals surface area contributed by atoms with E-state index in [1.807, 2.05) is 0 Å². The number of nitrogens with one attached hydrogen (secondary N) is 2. The SMILES string of the molecule is C1=CC2=C(CC1)OC1C=C(c3ccc(C4CC(C5C=CC(C6=CC7c8ccccc8C8=C(CCC=C8)C7CC6)=CC5)NC(C5CCCCC5)N4)cc3)C=CC21. The predicted octanol–water partition coefficient (Wildman–Crippen LogP) is 11.9. The molecule has 55 heavy (non-hydrogen) atoms. The fraction of sp³-hybridized carbons (Fsp3) is 0.423. The molecule has 2 aromatic rings. The van der Waals surface area contributed by atoms with Crippen LogP contribution in [0.3, 0.4) is 0 Å². The summed E-state index contributed by atoms with van der Waals surface area (Å²) in [6, 6.07) is 19.6. The molecule has 7 aliphatic carbocycles. The van der Waals surface area contributed by atoms with Crippen LogP contribution in [0.15, 0.2) is 143 Å². The van der Waals surface area contributed by atoms with Gasteiger partial charge in [-0.3, -0.25) is 10.6 Å². The van der Waals surface area contributed by atoms with Crippen LogP contribution in [0.5, 0.6) is 0 Å². The molecule has 2 aliphatic heterocycles. The van der Waals surface area contributed by atoms with Crippen molar-refractivity contribution in [2.75, 3.05) is 0 Å². The number of hydrogen-bond acceptors (Lipinski definition) is 3. The van der Waals surface area contributed by atoms with E-state index in [9.17, 15) is 0 Å². The van der Waals surface area contributed by atoms with Crippen molar-refractivity contribution in [3.63, 3.8) is 0 Å². The Morgan fingerprint density at radius 2 is 1.56 bits per heavy atom. The van der Waals surface area contributed by atoms with Gasteiger partial charge in [0.1, 0.15) is 11.9 Å². The van der Waals surface area contributed by atoms with Crippen LogP contribution in [0.2, 0.25) is 0 Å². The second-order valence-electron chi connectivity index (χ2n) is 17.9. The van der Waals surface area contributed by atoms with Gasteiger partial charge in [-0.15, -0.1) is 0 Å². The monoisotopic (exact) mass is 724 g/mol. The van der Waals surface area contributed by atoms with Gasteiger partial charge < -0.3 is 4.74 Å². The van der Waals surface area contributed by atoms with Crippen LogP contribution >= 0.6 is 0 Å². The quantitative estimate of drug-likeness (QED) is 0.322. The van der Waals surface area contributed by atoms with E-state index in [-0.39, 0.29) is 6.10 Å². The van der Waals surface area contributed by atoms with Gasteiger partial charge in [-0.05, 0) is 126 Å². The number of rotatable bonds is 5. The van der Waals surface area contributed by atoms with Crippen LogP contribution in [-0.2, 0) is 4.74 Å². The lowest BCUT2D eigenvalue weighted by Crippen LogP contribution is -2.60. The Morgan fingerprint density at radius 3 is 2.45 bits per heavy atom. The van der Waals surface area contributed by atoms with E-state index in [0.29, 0.717) is 47.8 Å². The molecule has 0 radical (unpaired) electrons. The first-order valence-corrected chi connectivity index (χ1v) is 21.9. The van der Waals surface area contributed by atoms with Gasteiger partial charge in [-0.25, -0.2) is 0 Å². The highest BCUT2D eigenvalue weighted by Crippen LogP contribution is 2.52. The fourth-order valence-electron chi connectivity index (χ4n) is 11.9. The molecular formula is C52H56N2O. The number of hydrogen-bond donors (Lipinski definition) is 2. The van der Waals surface area contributed by atoms with E-state index < -0.39 is 0 Å². The number of benzene rings is 2. The van der Waals surface area contributed by atoms with Crippen LogP contribution in [0.1, 0.15) is 118 Å². The molecule has 11 rings (SSSR count). The van der Waals surface area contributed by atoms with Gasteiger partial charge in [0.05, 0.1) is 6.17 Å².